The van der Waals surface area contributed by atoms with Crippen LogP contribution in [0.3, 0.4) is 0 Å². The van der Waals surface area contributed by atoms with E-state index in [0.717, 1.165) is 25.0 Å². The molecule has 0 bridgehead atoms. The molecular weight excluding hydrogens is 531 g/mol. The van der Waals surface area contributed by atoms with Crippen molar-refractivity contribution < 1.29 is 49.0 Å². The number of carbonyl (C=O) groups is 1. The first-order valence-corrected chi connectivity index (χ1v) is 11.7. The van der Waals surface area contributed by atoms with Gasteiger partial charge in [0, 0.05) is 24.3 Å². The number of anilines is 1. The van der Waals surface area contributed by atoms with E-state index in [9.17, 15) is 44.3 Å². The number of halogens is 9. The minimum atomic E-state index is -4.98. The van der Waals surface area contributed by atoms with Crippen molar-refractivity contribution >= 4 is 12.2 Å². The van der Waals surface area contributed by atoms with Gasteiger partial charge in [-0.05, 0) is 79.6 Å². The molecule has 4 nitrogen and oxygen atoms in total. The zero-order chi connectivity index (χ0) is 28.3. The highest BCUT2D eigenvalue weighted by molar-refractivity contribution is 5.57. The monoisotopic (exact) mass is 556 g/mol. The SMILES string of the molecule is CCOC=O.FC(F)(F)c1cc(CNC2CC(C3CC3)Nc3ccc(C(F)(F)F)cc32)cc(C(F)(F)F)c1. The summed E-state index contributed by atoms with van der Waals surface area (Å²) in [6, 6.07) is 3.80. The van der Waals surface area contributed by atoms with Gasteiger partial charge in [-0.1, -0.05) is 0 Å². The predicted octanol–water partition coefficient (Wildman–Crippen LogP) is 7.35. The normalized spacial score (nSPS) is 19.5. The molecule has 1 heterocycles. The summed E-state index contributed by atoms with van der Waals surface area (Å²) in [6.07, 6.45) is -12.3. The van der Waals surface area contributed by atoms with Crippen LogP contribution in [0.25, 0.3) is 0 Å². The molecule has 2 N–H and O–H groups in total. The molecule has 0 spiro atoms. The second-order valence-electron chi connectivity index (χ2n) is 9.02. The minimum absolute atomic E-state index is 0.0426. The van der Waals surface area contributed by atoms with Gasteiger partial charge >= 0.3 is 18.5 Å². The van der Waals surface area contributed by atoms with Crippen LogP contribution in [0.15, 0.2) is 36.4 Å². The fourth-order valence-electron chi connectivity index (χ4n) is 4.23. The van der Waals surface area contributed by atoms with Gasteiger partial charge in [-0.25, -0.2) is 0 Å². The van der Waals surface area contributed by atoms with E-state index in [1.165, 1.54) is 6.07 Å². The molecule has 0 radical (unpaired) electrons. The molecule has 4 rings (SSSR count). The summed E-state index contributed by atoms with van der Waals surface area (Å²) in [6.45, 7) is 2.29. The van der Waals surface area contributed by atoms with Crippen LogP contribution in [0, 0.1) is 5.92 Å². The Morgan fingerprint density at radius 1 is 0.895 bits per heavy atom. The highest BCUT2D eigenvalue weighted by Gasteiger charge is 2.40. The van der Waals surface area contributed by atoms with Crippen molar-refractivity contribution in [2.75, 3.05) is 11.9 Å². The maximum absolute atomic E-state index is 13.2. The van der Waals surface area contributed by atoms with Gasteiger partial charge in [0.2, 0.25) is 0 Å². The van der Waals surface area contributed by atoms with Gasteiger partial charge in [0.25, 0.3) is 6.47 Å². The van der Waals surface area contributed by atoms with E-state index in [1.807, 2.05) is 0 Å². The van der Waals surface area contributed by atoms with Crippen LogP contribution >= 0.6 is 0 Å². The number of alkyl halides is 9. The Bertz CT molecular complexity index is 1080. The summed E-state index contributed by atoms with van der Waals surface area (Å²) in [5.41, 5.74) is -3.25. The zero-order valence-electron chi connectivity index (χ0n) is 20.0. The molecule has 1 fully saturated rings. The maximum Gasteiger partial charge on any atom is 0.416 e. The summed E-state index contributed by atoms with van der Waals surface area (Å²) >= 11 is 0. The molecule has 13 heteroatoms. The lowest BCUT2D eigenvalue weighted by Gasteiger charge is -2.34. The summed E-state index contributed by atoms with van der Waals surface area (Å²) in [5, 5.41) is 6.12. The van der Waals surface area contributed by atoms with Crippen LogP contribution in [0.4, 0.5) is 45.2 Å². The van der Waals surface area contributed by atoms with E-state index in [-0.39, 0.29) is 29.8 Å². The molecule has 2 aromatic carbocycles. The minimum Gasteiger partial charge on any atom is -0.468 e. The maximum atomic E-state index is 13.2. The van der Waals surface area contributed by atoms with E-state index >= 15 is 0 Å². The third-order valence-electron chi connectivity index (χ3n) is 6.21. The molecule has 0 saturated heterocycles. The number of benzene rings is 2. The Kier molecular flexibility index (Phi) is 8.89. The summed E-state index contributed by atoms with van der Waals surface area (Å²) in [5.74, 6) is 0.329. The molecule has 0 amide bonds. The number of rotatable bonds is 6. The molecule has 2 atom stereocenters. The molecule has 1 aliphatic heterocycles. The molecule has 1 saturated carbocycles. The standard InChI is InChI=1S/C22H19F9N2.C3H6O2/c23-20(24,25)13-3-4-17-16(8-13)19(9-18(33-17)12-1-2-12)32-10-11-5-14(21(26,27)28)7-15(6-11)22(29,30)31;1-2-5-3-4/h3-8,12,18-19,32-33H,1-2,9-10H2;3H,2H2,1H3. The Morgan fingerprint density at radius 2 is 1.47 bits per heavy atom. The number of hydrogen-bond acceptors (Lipinski definition) is 4. The Labute approximate surface area is 212 Å². The summed E-state index contributed by atoms with van der Waals surface area (Å²) < 4.78 is 123. The van der Waals surface area contributed by atoms with Crippen molar-refractivity contribution in [2.24, 2.45) is 5.92 Å². The molecule has 38 heavy (non-hydrogen) atoms. The zero-order valence-corrected chi connectivity index (χ0v) is 20.0. The quantitative estimate of drug-likeness (QED) is 0.289. The van der Waals surface area contributed by atoms with Gasteiger partial charge in [-0.15, -0.1) is 0 Å². The lowest BCUT2D eigenvalue weighted by Crippen LogP contribution is -2.36. The number of carbonyl (C=O) groups excluding carboxylic acids is 1. The number of hydrogen-bond donors (Lipinski definition) is 2. The highest BCUT2D eigenvalue weighted by Crippen LogP contribution is 2.44. The smallest absolute Gasteiger partial charge is 0.416 e. The molecule has 2 aromatic rings. The van der Waals surface area contributed by atoms with Crippen LogP contribution in [0.1, 0.15) is 60.0 Å². The fraction of sp³-hybridized carbons (Fsp3) is 0.480. The van der Waals surface area contributed by atoms with Gasteiger partial charge in [0.05, 0.1) is 23.3 Å². The van der Waals surface area contributed by atoms with Crippen molar-refractivity contribution in [1.82, 2.24) is 5.32 Å². The van der Waals surface area contributed by atoms with Crippen molar-refractivity contribution in [2.45, 2.75) is 63.3 Å². The first-order chi connectivity index (χ1) is 17.6. The largest absolute Gasteiger partial charge is 0.468 e. The first-order valence-electron chi connectivity index (χ1n) is 11.7. The number of fused-ring (bicyclic) bond motifs is 1. The van der Waals surface area contributed by atoms with Crippen LogP contribution in [-0.2, 0) is 34.6 Å². The average Bonchev–Trinajstić information content (AvgIpc) is 3.67. The molecule has 2 unspecified atom stereocenters. The van der Waals surface area contributed by atoms with Gasteiger partial charge in [-0.3, -0.25) is 4.79 Å². The van der Waals surface area contributed by atoms with Crippen LogP contribution in [0.2, 0.25) is 0 Å². The highest BCUT2D eigenvalue weighted by atomic mass is 19.4. The van der Waals surface area contributed by atoms with Crippen molar-refractivity contribution in [1.29, 1.82) is 0 Å². The topological polar surface area (TPSA) is 50.4 Å². The van der Waals surface area contributed by atoms with Crippen LogP contribution in [-0.4, -0.2) is 19.1 Å². The van der Waals surface area contributed by atoms with Crippen molar-refractivity contribution in [3.8, 4) is 0 Å². The lowest BCUT2D eigenvalue weighted by molar-refractivity contribution is -0.143. The predicted molar refractivity (Wildman–Crippen MR) is 120 cm³/mol. The van der Waals surface area contributed by atoms with E-state index in [4.69, 9.17) is 0 Å². The molecule has 1 aliphatic carbocycles. The summed E-state index contributed by atoms with van der Waals surface area (Å²) in [4.78, 5) is 9.18. The average molecular weight is 556 g/mol. The molecule has 210 valence electrons. The Hall–Kier alpha value is -2.96. The third kappa shape index (κ3) is 7.78. The fourth-order valence-corrected chi connectivity index (χ4v) is 4.23. The van der Waals surface area contributed by atoms with Crippen molar-refractivity contribution in [3.63, 3.8) is 0 Å². The van der Waals surface area contributed by atoms with Crippen LogP contribution in [0.5, 0.6) is 0 Å². The Morgan fingerprint density at radius 3 is 1.92 bits per heavy atom. The van der Waals surface area contributed by atoms with Gasteiger partial charge < -0.3 is 15.4 Å². The molecule has 0 aromatic heterocycles. The third-order valence-corrected chi connectivity index (χ3v) is 6.21. The van der Waals surface area contributed by atoms with E-state index in [2.05, 4.69) is 15.4 Å². The Balaban J connectivity index is 0.000000732. The summed E-state index contributed by atoms with van der Waals surface area (Å²) in [7, 11) is 0. The molecule has 2 aliphatic rings. The second-order valence-corrected chi connectivity index (χ2v) is 9.02. The first kappa shape index (κ1) is 29.6. The van der Waals surface area contributed by atoms with Gasteiger partial charge in [0.1, 0.15) is 0 Å². The van der Waals surface area contributed by atoms with Crippen molar-refractivity contribution in [3.05, 3.63) is 64.2 Å². The van der Waals surface area contributed by atoms with E-state index in [1.54, 1.807) is 6.92 Å². The lowest BCUT2D eigenvalue weighted by atomic mass is 9.89. The second kappa shape index (κ2) is 11.4. The van der Waals surface area contributed by atoms with Gasteiger partial charge in [-0.2, -0.15) is 39.5 Å². The van der Waals surface area contributed by atoms with E-state index in [0.29, 0.717) is 43.2 Å². The molecular formula is C25H25F9N2O2. The number of ether oxygens (including phenoxy) is 1. The van der Waals surface area contributed by atoms with E-state index < -0.39 is 41.3 Å². The number of nitrogens with one attached hydrogen (secondary N) is 2. The van der Waals surface area contributed by atoms with Gasteiger partial charge in [0.15, 0.2) is 0 Å². The van der Waals surface area contributed by atoms with Crippen LogP contribution < -0.4 is 10.6 Å².